The Morgan fingerprint density at radius 3 is 2.74 bits per heavy atom. The molecule has 3 aliphatic rings. The van der Waals surface area contributed by atoms with Gasteiger partial charge in [0.1, 0.15) is 0 Å². The van der Waals surface area contributed by atoms with Crippen LogP contribution in [0.1, 0.15) is 19.3 Å². The van der Waals surface area contributed by atoms with E-state index in [4.69, 9.17) is 0 Å². The van der Waals surface area contributed by atoms with Crippen LogP contribution in [0, 0.1) is 5.92 Å². The van der Waals surface area contributed by atoms with Crippen molar-refractivity contribution in [3.63, 3.8) is 0 Å². The summed E-state index contributed by atoms with van der Waals surface area (Å²) in [7, 11) is 0. The summed E-state index contributed by atoms with van der Waals surface area (Å²) in [5, 5.41) is 3.02. The zero-order chi connectivity index (χ0) is 13.2. The number of amides is 1. The van der Waals surface area contributed by atoms with Crippen molar-refractivity contribution in [3.8, 4) is 0 Å². The van der Waals surface area contributed by atoms with Crippen molar-refractivity contribution in [2.45, 2.75) is 25.3 Å². The Hall–Kier alpha value is -0.550. The second-order valence-electron chi connectivity index (χ2n) is 5.73. The molecule has 3 rings (SSSR count). The third-order valence-corrected chi connectivity index (χ3v) is 10.6. The number of hydrogen-bond acceptors (Lipinski definition) is 3. The van der Waals surface area contributed by atoms with E-state index >= 15 is 0 Å². The molecular weight excluding hydrogens is 343 g/mol. The van der Waals surface area contributed by atoms with E-state index in [0.717, 1.165) is 19.5 Å². The maximum atomic E-state index is 12.1. The summed E-state index contributed by atoms with van der Waals surface area (Å²) in [6.07, 6.45) is 7.22. The van der Waals surface area contributed by atoms with E-state index in [0.29, 0.717) is 5.92 Å². The number of carbonyl (C=O) groups excluding carboxylic acids is 2. The molecule has 0 aliphatic carbocycles. The zero-order valence-corrected chi connectivity index (χ0v) is 14.3. The molecule has 3 aliphatic heterocycles. The van der Waals surface area contributed by atoms with Gasteiger partial charge in [0, 0.05) is 0 Å². The van der Waals surface area contributed by atoms with Gasteiger partial charge in [0.2, 0.25) is 0 Å². The van der Waals surface area contributed by atoms with Crippen LogP contribution in [0.5, 0.6) is 0 Å². The Morgan fingerprint density at radius 1 is 1.16 bits per heavy atom. The maximum absolute atomic E-state index is 12.1. The molecule has 0 spiro atoms. The molecule has 0 aromatic rings. The van der Waals surface area contributed by atoms with Crippen molar-refractivity contribution in [3.05, 3.63) is 19.8 Å². The van der Waals surface area contributed by atoms with Crippen LogP contribution >= 0.6 is 0 Å². The Bertz CT molecular complexity index is 435. The molecular formula is C14H19InN2O2. The Labute approximate surface area is 121 Å². The fourth-order valence-corrected chi connectivity index (χ4v) is 7.93. The minimum atomic E-state index is -2.47. The predicted octanol–water partition coefficient (Wildman–Crippen LogP) is 0.394. The summed E-state index contributed by atoms with van der Waals surface area (Å²) in [5.74, 6) is 0.227. The molecule has 0 radical (unpaired) electrons. The fraction of sp³-hybridized carbons (Fsp3) is 0.571. The normalized spacial score (nSPS) is 32.4. The molecule has 2 fully saturated rings. The van der Waals surface area contributed by atoms with Crippen LogP contribution in [0.2, 0.25) is 0 Å². The van der Waals surface area contributed by atoms with Crippen LogP contribution < -0.4 is 5.32 Å². The monoisotopic (exact) mass is 362 g/mol. The van der Waals surface area contributed by atoms with Crippen LogP contribution in [0.15, 0.2) is 19.8 Å². The third kappa shape index (κ3) is 2.97. The van der Waals surface area contributed by atoms with Gasteiger partial charge in [0.15, 0.2) is 0 Å². The van der Waals surface area contributed by atoms with Gasteiger partial charge in [-0.25, -0.2) is 0 Å². The average Bonchev–Trinajstić information content (AvgIpc) is 2.95. The van der Waals surface area contributed by atoms with Gasteiger partial charge in [0.05, 0.1) is 0 Å². The molecule has 3 unspecified atom stereocenters. The minimum absolute atomic E-state index is 0.120. The van der Waals surface area contributed by atoms with Crippen LogP contribution in [-0.2, 0) is 9.59 Å². The first-order valence-electron chi connectivity index (χ1n) is 7.16. The Morgan fingerprint density at radius 2 is 1.95 bits per heavy atom. The van der Waals surface area contributed by atoms with E-state index in [9.17, 15) is 9.59 Å². The van der Waals surface area contributed by atoms with E-state index in [-0.39, 0.29) is 15.5 Å². The van der Waals surface area contributed by atoms with Crippen molar-refractivity contribution in [2.75, 3.05) is 19.6 Å². The molecule has 0 saturated carbocycles. The molecule has 2 bridgehead atoms. The molecule has 0 aromatic carbocycles. The second-order valence-corrected chi connectivity index (χ2v) is 12.4. The molecule has 4 nitrogen and oxygen atoms in total. The number of piperidine rings is 2. The van der Waals surface area contributed by atoms with Gasteiger partial charge in [-0.3, -0.25) is 0 Å². The van der Waals surface area contributed by atoms with Gasteiger partial charge >= 0.3 is 121 Å². The molecule has 100 valence electrons. The standard InChI is InChI=1S/C10H15N2O2.C4H4.In/c13-7-10(14)11-9-3-5-12-4-1-2-8(9)6-12;1-3-4-2;/h8-9H,1-6H2,(H,11,14);1-4H;. The van der Waals surface area contributed by atoms with Crippen molar-refractivity contribution in [1.82, 2.24) is 10.2 Å². The van der Waals surface area contributed by atoms with E-state index in [1.54, 1.807) is 0 Å². The number of nitrogens with one attached hydrogen (secondary N) is 1. The van der Waals surface area contributed by atoms with Crippen molar-refractivity contribution in [2.24, 2.45) is 5.92 Å². The summed E-state index contributed by atoms with van der Waals surface area (Å²) >= 11 is -2.47. The summed E-state index contributed by atoms with van der Waals surface area (Å²) < 4.78 is 3.84. The van der Waals surface area contributed by atoms with Gasteiger partial charge in [-0.15, -0.1) is 0 Å². The molecule has 1 N–H and O–H groups in total. The number of hydrogen-bond donors (Lipinski definition) is 1. The van der Waals surface area contributed by atoms with E-state index < -0.39 is 21.4 Å². The van der Waals surface area contributed by atoms with E-state index in [1.165, 1.54) is 19.4 Å². The van der Waals surface area contributed by atoms with Crippen molar-refractivity contribution < 1.29 is 9.59 Å². The van der Waals surface area contributed by atoms with Crippen LogP contribution in [0.25, 0.3) is 0 Å². The van der Waals surface area contributed by atoms with Gasteiger partial charge in [-0.05, 0) is 0 Å². The second kappa shape index (κ2) is 5.83. The van der Waals surface area contributed by atoms with Crippen LogP contribution in [-0.4, -0.2) is 61.5 Å². The number of rotatable bonds is 3. The number of allylic oxidation sites excluding steroid dienone is 2. The summed E-state index contributed by atoms with van der Waals surface area (Å²) in [6.45, 7) is 3.35. The molecule has 2 saturated heterocycles. The van der Waals surface area contributed by atoms with Crippen molar-refractivity contribution >= 4 is 30.9 Å². The molecule has 5 heteroatoms. The topological polar surface area (TPSA) is 49.4 Å². The molecule has 3 atom stereocenters. The van der Waals surface area contributed by atoms with Gasteiger partial charge < -0.3 is 0 Å². The van der Waals surface area contributed by atoms with E-state index in [2.05, 4.69) is 10.2 Å². The average molecular weight is 362 g/mol. The fourth-order valence-electron chi connectivity index (χ4n) is 3.37. The predicted molar refractivity (Wildman–Crippen MR) is 74.8 cm³/mol. The first-order valence-corrected chi connectivity index (χ1v) is 12.6. The van der Waals surface area contributed by atoms with Gasteiger partial charge in [0.25, 0.3) is 0 Å². The summed E-state index contributed by atoms with van der Waals surface area (Å²) in [4.78, 5) is 26.6. The van der Waals surface area contributed by atoms with Crippen LogP contribution in [0.4, 0.5) is 0 Å². The zero-order valence-electron chi connectivity index (χ0n) is 11.0. The number of nitrogens with zero attached hydrogens (tertiary/aromatic N) is 1. The quantitative estimate of drug-likeness (QED) is 0.740. The SMILES string of the molecule is O=C(NC1CCN2CCCC1C2)[C](=O)[In]1[CH]=CC=[CH]1. The first kappa shape index (κ1) is 13.4. The Kier molecular flexibility index (Phi) is 4.12. The molecule has 3 heterocycles. The first-order chi connectivity index (χ1) is 9.24. The van der Waals surface area contributed by atoms with E-state index in [1.807, 2.05) is 19.8 Å². The number of fused-ring (bicyclic) bond motifs is 2. The molecule has 1 amide bonds. The van der Waals surface area contributed by atoms with Gasteiger partial charge in [-0.1, -0.05) is 0 Å². The van der Waals surface area contributed by atoms with Crippen LogP contribution in [0.3, 0.4) is 0 Å². The summed E-state index contributed by atoms with van der Waals surface area (Å²) in [5.41, 5.74) is 0. The molecule has 19 heavy (non-hydrogen) atoms. The third-order valence-electron chi connectivity index (χ3n) is 4.46. The Balaban J connectivity index is 1.58. The van der Waals surface area contributed by atoms with Gasteiger partial charge in [-0.2, -0.15) is 0 Å². The number of carbonyl (C=O) groups is 2. The summed E-state index contributed by atoms with van der Waals surface area (Å²) in [6, 6.07) is 0.216. The molecule has 0 aromatic heterocycles. The van der Waals surface area contributed by atoms with Crippen molar-refractivity contribution in [1.29, 1.82) is 0 Å².